The van der Waals surface area contributed by atoms with Crippen molar-refractivity contribution in [2.75, 3.05) is 19.6 Å². The Kier molecular flexibility index (Phi) is 15.0. The van der Waals surface area contributed by atoms with Crippen LogP contribution in [0.15, 0.2) is 71.7 Å². The van der Waals surface area contributed by atoms with Crippen molar-refractivity contribution in [2.24, 2.45) is 27.9 Å². The van der Waals surface area contributed by atoms with E-state index in [1.54, 1.807) is 17.0 Å². The van der Waals surface area contributed by atoms with E-state index in [-0.39, 0.29) is 49.8 Å². The molecule has 4 rings (SSSR count). The third kappa shape index (κ3) is 11.9. The number of benzene rings is 3. The van der Waals surface area contributed by atoms with Crippen LogP contribution in [0.1, 0.15) is 56.1 Å². The molecule has 0 radical (unpaired) electrons. The lowest BCUT2D eigenvalue weighted by Gasteiger charge is -2.28. The number of fused-ring (bicyclic) bond motifs is 1. The average molecular weight is 730 g/mol. The lowest BCUT2D eigenvalue weighted by molar-refractivity contribution is -0.139. The maximum absolute atomic E-state index is 13.9. The van der Waals surface area contributed by atoms with Crippen molar-refractivity contribution < 1.29 is 29.1 Å². The number of nitrogens with zero attached hydrogens (tertiary/aromatic N) is 2. The molecule has 0 spiro atoms. The van der Waals surface area contributed by atoms with E-state index >= 15 is 0 Å². The number of guanidine groups is 1. The maximum atomic E-state index is 13.9. The monoisotopic (exact) mass is 729 g/mol. The molecule has 1 aliphatic rings. The van der Waals surface area contributed by atoms with Gasteiger partial charge in [-0.25, -0.2) is 0 Å². The van der Waals surface area contributed by atoms with Gasteiger partial charge >= 0.3 is 0 Å². The number of carbonyl (C=O) groups is 5. The van der Waals surface area contributed by atoms with Crippen molar-refractivity contribution in [2.45, 2.75) is 82.0 Å². The van der Waals surface area contributed by atoms with E-state index in [9.17, 15) is 29.1 Å². The summed E-state index contributed by atoms with van der Waals surface area (Å²) in [4.78, 5) is 72.8. The van der Waals surface area contributed by atoms with E-state index in [0.717, 1.165) is 16.3 Å². The van der Waals surface area contributed by atoms with E-state index in [2.05, 4.69) is 20.9 Å². The molecule has 1 heterocycles. The number of hydrogen-bond donors (Lipinski definition) is 8. The number of rotatable bonds is 19. The van der Waals surface area contributed by atoms with Crippen LogP contribution in [-0.4, -0.2) is 89.3 Å². The van der Waals surface area contributed by atoms with Gasteiger partial charge in [0.1, 0.15) is 29.9 Å². The fourth-order valence-corrected chi connectivity index (χ4v) is 6.49. The highest BCUT2D eigenvalue weighted by molar-refractivity contribution is 5.96. The van der Waals surface area contributed by atoms with Gasteiger partial charge in [-0.15, -0.1) is 0 Å². The van der Waals surface area contributed by atoms with Gasteiger partial charge in [0, 0.05) is 19.5 Å². The molecule has 53 heavy (non-hydrogen) atoms. The summed E-state index contributed by atoms with van der Waals surface area (Å²) in [6.07, 6.45) is 2.99. The number of phenols is 1. The van der Waals surface area contributed by atoms with Gasteiger partial charge in [0.05, 0.1) is 6.42 Å². The number of nitrogens with two attached hydrogens (primary N) is 4. The molecule has 284 valence electrons. The highest BCUT2D eigenvalue weighted by Crippen LogP contribution is 2.23. The molecular formula is C38H51N9O6. The number of nitrogens with one attached hydrogen (secondary N) is 3. The van der Waals surface area contributed by atoms with Gasteiger partial charge in [0.25, 0.3) is 0 Å². The molecule has 15 heteroatoms. The topological polar surface area (TPSA) is 261 Å². The zero-order valence-corrected chi connectivity index (χ0v) is 29.8. The summed E-state index contributed by atoms with van der Waals surface area (Å²) in [6, 6.07) is 15.6. The van der Waals surface area contributed by atoms with Crippen molar-refractivity contribution in [3.05, 3.63) is 77.9 Å². The molecule has 3 aromatic carbocycles. The Morgan fingerprint density at radius 3 is 2.17 bits per heavy atom. The zero-order chi connectivity index (χ0) is 38.3. The van der Waals surface area contributed by atoms with Crippen LogP contribution < -0.4 is 38.9 Å². The molecule has 4 unspecified atom stereocenters. The van der Waals surface area contributed by atoms with Gasteiger partial charge in [0.2, 0.25) is 29.5 Å². The molecule has 5 amide bonds. The van der Waals surface area contributed by atoms with Crippen LogP contribution in [0.3, 0.4) is 0 Å². The standard InChI is InChI=1S/C38H51N9O6/c39-19-4-3-12-29(45-37(53)32-14-7-21-47(32)33(49)23-26-10-5-9-25-8-1-2-11-28(25)26)35(51)44-30(13-6-20-43-38(41)42)36(52)46-31(34(40)50)22-24-15-17-27(48)18-16-24/h1-2,5,8-11,15-18,29-32,48H,3-4,6-7,12-14,19-23,39H2,(H2,40,50)(H,44,51)(H,45,53)(H,46,52)(H4,41,42,43). The average Bonchev–Trinajstić information content (AvgIpc) is 3.64. The van der Waals surface area contributed by atoms with E-state index in [0.29, 0.717) is 50.8 Å². The van der Waals surface area contributed by atoms with Crippen molar-refractivity contribution in [3.8, 4) is 5.75 Å². The van der Waals surface area contributed by atoms with Gasteiger partial charge in [-0.05, 0) is 85.5 Å². The Labute approximate surface area is 308 Å². The summed E-state index contributed by atoms with van der Waals surface area (Å²) in [5.41, 5.74) is 23.8. The first-order chi connectivity index (χ1) is 25.5. The molecule has 12 N–H and O–H groups in total. The minimum atomic E-state index is -1.14. The first kappa shape index (κ1) is 40.1. The molecule has 4 atom stereocenters. The fourth-order valence-electron chi connectivity index (χ4n) is 6.49. The summed E-state index contributed by atoms with van der Waals surface area (Å²) < 4.78 is 0. The van der Waals surface area contributed by atoms with Gasteiger partial charge in [0.15, 0.2) is 5.96 Å². The molecular weight excluding hydrogens is 678 g/mol. The second-order valence-electron chi connectivity index (χ2n) is 13.2. The smallest absolute Gasteiger partial charge is 0.243 e. The van der Waals surface area contributed by atoms with Gasteiger partial charge in [-0.3, -0.25) is 29.0 Å². The largest absolute Gasteiger partial charge is 0.508 e. The third-order valence-electron chi connectivity index (χ3n) is 9.29. The minimum absolute atomic E-state index is 0.0400. The van der Waals surface area contributed by atoms with Crippen molar-refractivity contribution in [1.82, 2.24) is 20.9 Å². The molecule has 1 saturated heterocycles. The zero-order valence-electron chi connectivity index (χ0n) is 29.8. The number of aromatic hydroxyl groups is 1. The second-order valence-corrected chi connectivity index (χ2v) is 13.2. The van der Waals surface area contributed by atoms with E-state index in [4.69, 9.17) is 22.9 Å². The summed E-state index contributed by atoms with van der Waals surface area (Å²) in [6.45, 7) is 0.970. The predicted octanol–water partition coefficient (Wildman–Crippen LogP) is 0.444. The summed E-state index contributed by atoms with van der Waals surface area (Å²) in [5, 5.41) is 19.8. The first-order valence-corrected chi connectivity index (χ1v) is 18.0. The minimum Gasteiger partial charge on any atom is -0.508 e. The van der Waals surface area contributed by atoms with Crippen LogP contribution in [-0.2, 0) is 36.8 Å². The van der Waals surface area contributed by atoms with E-state index < -0.39 is 47.8 Å². The lowest BCUT2D eigenvalue weighted by atomic mass is 10.0. The lowest BCUT2D eigenvalue weighted by Crippen LogP contribution is -2.58. The number of aliphatic imine (C=N–C) groups is 1. The molecule has 0 aromatic heterocycles. The molecule has 1 aliphatic heterocycles. The van der Waals surface area contributed by atoms with Gasteiger partial charge in [-0.1, -0.05) is 54.6 Å². The molecule has 1 fully saturated rings. The van der Waals surface area contributed by atoms with E-state index in [1.165, 1.54) is 12.1 Å². The Hall–Kier alpha value is -5.70. The molecule has 0 aliphatic carbocycles. The normalized spacial score (nSPS) is 15.6. The number of unbranched alkanes of at least 4 members (excludes halogenated alkanes) is 1. The van der Waals surface area contributed by atoms with Crippen LogP contribution in [0.25, 0.3) is 10.8 Å². The second kappa shape index (κ2) is 19.8. The highest BCUT2D eigenvalue weighted by Gasteiger charge is 2.36. The fraction of sp³-hybridized carbons (Fsp3) is 0.421. The number of amides is 5. The molecule has 3 aromatic rings. The van der Waals surface area contributed by atoms with Crippen LogP contribution >= 0.6 is 0 Å². The van der Waals surface area contributed by atoms with Gasteiger partial charge < -0.3 is 48.9 Å². The van der Waals surface area contributed by atoms with Crippen LogP contribution in [0.2, 0.25) is 0 Å². The number of carbonyl (C=O) groups excluding carboxylic acids is 5. The quantitative estimate of drug-likeness (QED) is 0.0483. The SMILES string of the molecule is NCCCCC(NC(=O)C1CCCN1C(=O)Cc1cccc2ccccc12)C(=O)NC(CCCN=C(N)N)C(=O)NC(Cc1ccc(O)cc1)C(N)=O. The Morgan fingerprint density at radius 2 is 1.47 bits per heavy atom. The summed E-state index contributed by atoms with van der Waals surface area (Å²) >= 11 is 0. The summed E-state index contributed by atoms with van der Waals surface area (Å²) in [5.74, 6) is -2.80. The van der Waals surface area contributed by atoms with Crippen LogP contribution in [0.4, 0.5) is 0 Å². The van der Waals surface area contributed by atoms with Crippen molar-refractivity contribution in [1.29, 1.82) is 0 Å². The Balaban J connectivity index is 1.47. The number of likely N-dealkylation sites (tertiary alicyclic amines) is 1. The summed E-state index contributed by atoms with van der Waals surface area (Å²) in [7, 11) is 0. The number of phenolic OH excluding ortho intramolecular Hbond substituents is 1. The first-order valence-electron chi connectivity index (χ1n) is 18.0. The molecule has 15 nitrogen and oxygen atoms in total. The highest BCUT2D eigenvalue weighted by atomic mass is 16.3. The van der Waals surface area contributed by atoms with Crippen LogP contribution in [0.5, 0.6) is 5.75 Å². The maximum Gasteiger partial charge on any atom is 0.243 e. The van der Waals surface area contributed by atoms with E-state index in [1.807, 2.05) is 42.5 Å². The third-order valence-corrected chi connectivity index (χ3v) is 9.29. The van der Waals surface area contributed by atoms with Crippen molar-refractivity contribution >= 4 is 46.3 Å². The van der Waals surface area contributed by atoms with Crippen LogP contribution in [0, 0.1) is 0 Å². The van der Waals surface area contributed by atoms with Gasteiger partial charge in [-0.2, -0.15) is 0 Å². The number of hydrogen-bond acceptors (Lipinski definition) is 8. The predicted molar refractivity (Wildman–Crippen MR) is 202 cm³/mol. The molecule has 0 bridgehead atoms. The molecule has 0 saturated carbocycles. The van der Waals surface area contributed by atoms with Crippen molar-refractivity contribution in [3.63, 3.8) is 0 Å². The Morgan fingerprint density at radius 1 is 0.811 bits per heavy atom. The number of primary amides is 1. The Bertz CT molecular complexity index is 1760.